The Balaban J connectivity index is 1.74. The molecule has 1 aromatic carbocycles. The number of carboxylic acids is 1. The molecule has 0 bridgehead atoms. The molecule has 0 unspecified atom stereocenters. The summed E-state index contributed by atoms with van der Waals surface area (Å²) >= 11 is 0. The molecule has 0 spiro atoms. The second-order valence-electron chi connectivity index (χ2n) is 5.97. The molecule has 0 radical (unpaired) electrons. The molecule has 0 atom stereocenters. The van der Waals surface area contributed by atoms with Gasteiger partial charge in [-0.3, -0.25) is 18.7 Å². The Morgan fingerprint density at radius 3 is 2.50 bits per heavy atom. The van der Waals surface area contributed by atoms with Crippen LogP contribution in [-0.4, -0.2) is 41.9 Å². The van der Waals surface area contributed by atoms with Gasteiger partial charge in [-0.15, -0.1) is 0 Å². The highest BCUT2D eigenvalue weighted by Crippen LogP contribution is 2.05. The van der Waals surface area contributed by atoms with Crippen LogP contribution in [0.4, 0.5) is 0 Å². The zero-order valence-corrected chi connectivity index (χ0v) is 15.0. The molecule has 0 saturated heterocycles. The van der Waals surface area contributed by atoms with Crippen molar-refractivity contribution in [2.75, 3.05) is 0 Å². The van der Waals surface area contributed by atoms with Gasteiger partial charge in [0.05, 0.1) is 18.1 Å². The van der Waals surface area contributed by atoms with Crippen molar-refractivity contribution < 1.29 is 14.7 Å². The number of fused-ring (bicyclic) bond motifs is 1. The summed E-state index contributed by atoms with van der Waals surface area (Å²) in [7, 11) is 2.84. The van der Waals surface area contributed by atoms with Crippen LogP contribution in [0.25, 0.3) is 11.2 Å². The molecular formula is C17H16N6O5. The number of hydrogen-bond acceptors (Lipinski definition) is 6. The number of hydrogen-bond donors (Lipinski definition) is 2. The molecule has 3 aromatic rings. The number of carbonyl (C=O) groups excluding carboxylic acids is 1. The lowest BCUT2D eigenvalue weighted by Crippen LogP contribution is -2.38. The normalized spacial score (nSPS) is 11.2. The van der Waals surface area contributed by atoms with Gasteiger partial charge in [-0.1, -0.05) is 12.1 Å². The number of carbonyl (C=O) groups is 2. The van der Waals surface area contributed by atoms with E-state index in [9.17, 15) is 19.2 Å². The fourth-order valence-corrected chi connectivity index (χ4v) is 2.60. The van der Waals surface area contributed by atoms with Crippen molar-refractivity contribution in [1.29, 1.82) is 0 Å². The van der Waals surface area contributed by atoms with E-state index >= 15 is 0 Å². The molecular weight excluding hydrogens is 368 g/mol. The van der Waals surface area contributed by atoms with Gasteiger partial charge in [-0.25, -0.2) is 20.0 Å². The maximum absolute atomic E-state index is 12.3. The Morgan fingerprint density at radius 1 is 1.18 bits per heavy atom. The van der Waals surface area contributed by atoms with Crippen LogP contribution in [-0.2, 0) is 25.4 Å². The summed E-state index contributed by atoms with van der Waals surface area (Å²) in [6.45, 7) is -0.223. The Bertz CT molecular complexity index is 1220. The Hall–Kier alpha value is -4.02. The highest BCUT2D eigenvalue weighted by molar-refractivity contribution is 5.89. The number of nitrogens with one attached hydrogen (secondary N) is 1. The molecule has 144 valence electrons. The van der Waals surface area contributed by atoms with Gasteiger partial charge in [-0.2, -0.15) is 5.10 Å². The second kappa shape index (κ2) is 7.31. The minimum Gasteiger partial charge on any atom is -0.478 e. The molecule has 2 heterocycles. The monoisotopic (exact) mass is 384 g/mol. The van der Waals surface area contributed by atoms with E-state index in [1.807, 2.05) is 0 Å². The lowest BCUT2D eigenvalue weighted by atomic mass is 10.1. The first kappa shape index (κ1) is 18.8. The number of aromatic nitrogens is 4. The van der Waals surface area contributed by atoms with Crippen LogP contribution < -0.4 is 16.7 Å². The summed E-state index contributed by atoms with van der Waals surface area (Å²) in [6.07, 6.45) is 2.66. The van der Waals surface area contributed by atoms with Gasteiger partial charge >= 0.3 is 11.7 Å². The Kier molecular flexibility index (Phi) is 4.90. The molecule has 28 heavy (non-hydrogen) atoms. The fourth-order valence-electron chi connectivity index (χ4n) is 2.60. The van der Waals surface area contributed by atoms with Gasteiger partial charge in [0.2, 0.25) is 0 Å². The summed E-state index contributed by atoms with van der Waals surface area (Å²) in [5, 5.41) is 12.7. The van der Waals surface area contributed by atoms with Crippen LogP contribution in [0.1, 0.15) is 15.9 Å². The number of aryl methyl sites for hydroxylation is 1. The van der Waals surface area contributed by atoms with Crippen molar-refractivity contribution in [3.05, 3.63) is 62.6 Å². The third kappa shape index (κ3) is 3.45. The van der Waals surface area contributed by atoms with E-state index in [1.54, 1.807) is 12.1 Å². The highest BCUT2D eigenvalue weighted by Gasteiger charge is 2.15. The van der Waals surface area contributed by atoms with E-state index in [2.05, 4.69) is 15.5 Å². The highest BCUT2D eigenvalue weighted by atomic mass is 16.4. The average molecular weight is 384 g/mol. The predicted molar refractivity (Wildman–Crippen MR) is 99.4 cm³/mol. The van der Waals surface area contributed by atoms with Crippen LogP contribution in [0.2, 0.25) is 0 Å². The van der Waals surface area contributed by atoms with Gasteiger partial charge in [0.25, 0.3) is 11.5 Å². The molecule has 0 aliphatic carbocycles. The molecule has 0 aliphatic rings. The van der Waals surface area contributed by atoms with E-state index in [0.717, 1.165) is 4.57 Å². The largest absolute Gasteiger partial charge is 0.478 e. The lowest BCUT2D eigenvalue weighted by Gasteiger charge is -2.06. The van der Waals surface area contributed by atoms with Gasteiger partial charge in [-0.05, 0) is 17.7 Å². The lowest BCUT2D eigenvalue weighted by molar-refractivity contribution is -0.121. The molecule has 1 amide bonds. The number of imidazole rings is 1. The maximum atomic E-state index is 12.3. The number of carboxylic acid groups (broad SMARTS) is 1. The van der Waals surface area contributed by atoms with Crippen molar-refractivity contribution in [3.63, 3.8) is 0 Å². The van der Waals surface area contributed by atoms with Crippen molar-refractivity contribution in [3.8, 4) is 0 Å². The summed E-state index contributed by atoms with van der Waals surface area (Å²) in [5.74, 6) is -1.54. The topological polar surface area (TPSA) is 141 Å². The van der Waals surface area contributed by atoms with E-state index < -0.39 is 23.1 Å². The van der Waals surface area contributed by atoms with Gasteiger partial charge in [0, 0.05) is 14.1 Å². The number of rotatable bonds is 5. The van der Waals surface area contributed by atoms with Crippen molar-refractivity contribution in [2.24, 2.45) is 19.2 Å². The summed E-state index contributed by atoms with van der Waals surface area (Å²) < 4.78 is 3.51. The molecule has 2 aromatic heterocycles. The fraction of sp³-hybridized carbons (Fsp3) is 0.176. The van der Waals surface area contributed by atoms with Crippen molar-refractivity contribution in [1.82, 2.24) is 24.1 Å². The van der Waals surface area contributed by atoms with Crippen molar-refractivity contribution in [2.45, 2.75) is 6.54 Å². The molecule has 0 saturated carbocycles. The Morgan fingerprint density at radius 2 is 1.86 bits per heavy atom. The van der Waals surface area contributed by atoms with E-state index in [4.69, 9.17) is 5.11 Å². The second-order valence-corrected chi connectivity index (χ2v) is 5.97. The maximum Gasteiger partial charge on any atom is 0.335 e. The van der Waals surface area contributed by atoms with Gasteiger partial charge in [0.15, 0.2) is 11.2 Å². The average Bonchev–Trinajstić information content (AvgIpc) is 3.08. The van der Waals surface area contributed by atoms with Gasteiger partial charge in [0.1, 0.15) is 6.54 Å². The third-order valence-electron chi connectivity index (χ3n) is 4.09. The first-order valence-electron chi connectivity index (χ1n) is 8.05. The molecule has 11 nitrogen and oxygen atoms in total. The van der Waals surface area contributed by atoms with Crippen LogP contribution in [0.5, 0.6) is 0 Å². The summed E-state index contributed by atoms with van der Waals surface area (Å²) in [5.41, 5.74) is 2.32. The minimum absolute atomic E-state index is 0.132. The van der Waals surface area contributed by atoms with E-state index in [-0.39, 0.29) is 23.3 Å². The SMILES string of the molecule is Cn1c(=O)c2c(ncn2CC(=O)N/N=C/c2ccc(C(=O)O)cc2)n(C)c1=O. The van der Waals surface area contributed by atoms with Crippen molar-refractivity contribution >= 4 is 29.3 Å². The molecule has 0 fully saturated rings. The first-order valence-corrected chi connectivity index (χ1v) is 8.05. The predicted octanol–water partition coefficient (Wildman–Crippen LogP) is -0.718. The van der Waals surface area contributed by atoms with Crippen LogP contribution >= 0.6 is 0 Å². The molecule has 11 heteroatoms. The standard InChI is InChI=1S/C17H16N6O5/c1-21-14-13(15(25)22(2)17(21)28)23(9-18-14)8-12(24)20-19-7-10-3-5-11(6-4-10)16(26)27/h3-7,9H,8H2,1-2H3,(H,20,24)(H,26,27)/b19-7+. The zero-order chi connectivity index (χ0) is 20.4. The first-order chi connectivity index (χ1) is 13.3. The van der Waals surface area contributed by atoms with E-state index in [0.29, 0.717) is 5.56 Å². The zero-order valence-electron chi connectivity index (χ0n) is 15.0. The van der Waals surface area contributed by atoms with Crippen LogP contribution in [0.3, 0.4) is 0 Å². The molecule has 3 rings (SSSR count). The van der Waals surface area contributed by atoms with Crippen LogP contribution in [0, 0.1) is 0 Å². The minimum atomic E-state index is -1.03. The Labute approximate surface area is 157 Å². The molecule has 2 N–H and O–H groups in total. The summed E-state index contributed by atoms with van der Waals surface area (Å²) in [6, 6.07) is 5.94. The smallest absolute Gasteiger partial charge is 0.335 e. The molecule has 0 aliphatic heterocycles. The van der Waals surface area contributed by atoms with Crippen LogP contribution in [0.15, 0.2) is 45.3 Å². The number of nitrogens with zero attached hydrogens (tertiary/aromatic N) is 5. The number of amides is 1. The third-order valence-corrected chi connectivity index (χ3v) is 4.09. The number of benzene rings is 1. The van der Waals surface area contributed by atoms with E-state index in [1.165, 1.54) is 47.9 Å². The number of aromatic carboxylic acids is 1. The number of hydrazone groups is 1. The van der Waals surface area contributed by atoms with Gasteiger partial charge < -0.3 is 9.67 Å². The quantitative estimate of drug-likeness (QED) is 0.439. The summed E-state index contributed by atoms with van der Waals surface area (Å²) in [4.78, 5) is 51.2.